The maximum absolute atomic E-state index is 12.5. The minimum absolute atomic E-state index is 0.131. The van der Waals surface area contributed by atoms with Gasteiger partial charge in [-0.2, -0.15) is 9.57 Å². The van der Waals surface area contributed by atoms with E-state index in [1.54, 1.807) is 25.1 Å². The average Bonchev–Trinajstić information content (AvgIpc) is 2.44. The van der Waals surface area contributed by atoms with Gasteiger partial charge in [0.05, 0.1) is 23.9 Å². The summed E-state index contributed by atoms with van der Waals surface area (Å²) in [5, 5.41) is 8.68. The van der Waals surface area contributed by atoms with Crippen molar-refractivity contribution in [3.8, 4) is 17.9 Å². The summed E-state index contributed by atoms with van der Waals surface area (Å²) in [5.74, 6) is 5.41. The lowest BCUT2D eigenvalue weighted by atomic mass is 10.2. The number of hydrogen-bond acceptors (Lipinski definition) is 4. The molecule has 0 radical (unpaired) electrons. The summed E-state index contributed by atoms with van der Waals surface area (Å²) in [7, 11) is -2.22. The third-order valence-electron chi connectivity index (χ3n) is 2.88. The number of sulfonamides is 1. The van der Waals surface area contributed by atoms with Gasteiger partial charge >= 0.3 is 0 Å². The molecule has 0 saturated heterocycles. The molecule has 0 aliphatic carbocycles. The smallest absolute Gasteiger partial charge is 0.244 e. The Bertz CT molecular complexity index is 666. The van der Waals surface area contributed by atoms with Gasteiger partial charge in [-0.15, -0.1) is 0 Å². The Morgan fingerprint density at radius 2 is 2.05 bits per heavy atom. The highest BCUT2D eigenvalue weighted by molar-refractivity contribution is 7.89. The fraction of sp³-hybridized carbons (Fsp3) is 0.357. The third kappa shape index (κ3) is 3.58. The van der Waals surface area contributed by atoms with Crippen LogP contribution < -0.4 is 5.73 Å². The van der Waals surface area contributed by atoms with Crippen molar-refractivity contribution in [1.82, 2.24) is 4.31 Å². The van der Waals surface area contributed by atoms with Gasteiger partial charge < -0.3 is 5.73 Å². The summed E-state index contributed by atoms with van der Waals surface area (Å²) in [6, 6.07) is 8.07. The van der Waals surface area contributed by atoms with Crippen LogP contribution in [-0.4, -0.2) is 32.4 Å². The highest BCUT2D eigenvalue weighted by atomic mass is 32.2. The fourth-order valence-electron chi connectivity index (χ4n) is 1.59. The standard InChI is InChI=1S/C14H17N3O2S/c1-12(9-11-16)17(2)20(18,19)14-8-4-3-6-13(14)7-5-10-15/h3-4,6,8,12H,9-10,15H2,1-2H3. The van der Waals surface area contributed by atoms with Gasteiger partial charge in [-0.1, -0.05) is 24.0 Å². The Morgan fingerprint density at radius 1 is 1.40 bits per heavy atom. The number of rotatable bonds is 4. The van der Waals surface area contributed by atoms with Crippen LogP contribution in [0.3, 0.4) is 0 Å². The van der Waals surface area contributed by atoms with E-state index in [1.165, 1.54) is 17.4 Å². The van der Waals surface area contributed by atoms with Gasteiger partial charge in [-0.25, -0.2) is 8.42 Å². The van der Waals surface area contributed by atoms with Crippen molar-refractivity contribution in [2.45, 2.75) is 24.3 Å². The lowest BCUT2D eigenvalue weighted by Crippen LogP contribution is -2.35. The van der Waals surface area contributed by atoms with E-state index in [2.05, 4.69) is 11.8 Å². The zero-order valence-electron chi connectivity index (χ0n) is 11.5. The van der Waals surface area contributed by atoms with Crippen LogP contribution in [0.2, 0.25) is 0 Å². The average molecular weight is 291 g/mol. The van der Waals surface area contributed by atoms with Crippen molar-refractivity contribution in [3.05, 3.63) is 29.8 Å². The molecule has 1 rings (SSSR count). The summed E-state index contributed by atoms with van der Waals surface area (Å²) in [5.41, 5.74) is 5.72. The van der Waals surface area contributed by atoms with Crippen LogP contribution in [0.4, 0.5) is 0 Å². The highest BCUT2D eigenvalue weighted by Crippen LogP contribution is 2.21. The van der Waals surface area contributed by atoms with Gasteiger partial charge in [0.25, 0.3) is 0 Å². The Kier molecular flexibility index (Phi) is 5.72. The van der Waals surface area contributed by atoms with Crippen LogP contribution in [0.25, 0.3) is 0 Å². The van der Waals surface area contributed by atoms with E-state index in [4.69, 9.17) is 11.0 Å². The van der Waals surface area contributed by atoms with E-state index < -0.39 is 16.1 Å². The quantitative estimate of drug-likeness (QED) is 0.836. The number of nitrogens with zero attached hydrogens (tertiary/aromatic N) is 2. The van der Waals surface area contributed by atoms with Crippen LogP contribution >= 0.6 is 0 Å². The van der Waals surface area contributed by atoms with Crippen molar-refractivity contribution < 1.29 is 8.42 Å². The molecular formula is C14H17N3O2S. The molecule has 0 heterocycles. The predicted molar refractivity (Wildman–Crippen MR) is 77.0 cm³/mol. The first-order valence-corrected chi connectivity index (χ1v) is 7.52. The molecule has 5 nitrogen and oxygen atoms in total. The molecule has 106 valence electrons. The predicted octanol–water partition coefficient (Wildman–Crippen LogP) is 0.919. The number of nitriles is 1. The maximum atomic E-state index is 12.5. The molecule has 20 heavy (non-hydrogen) atoms. The van der Waals surface area contributed by atoms with E-state index in [-0.39, 0.29) is 17.9 Å². The molecule has 0 spiro atoms. The van der Waals surface area contributed by atoms with Crippen LogP contribution in [0, 0.1) is 23.2 Å². The van der Waals surface area contributed by atoms with E-state index in [0.717, 1.165) is 0 Å². The molecule has 0 saturated carbocycles. The first-order chi connectivity index (χ1) is 9.45. The molecule has 6 heteroatoms. The third-order valence-corrected chi connectivity index (χ3v) is 4.91. The second kappa shape index (κ2) is 7.06. The van der Waals surface area contributed by atoms with Crippen molar-refractivity contribution in [2.75, 3.05) is 13.6 Å². The van der Waals surface area contributed by atoms with Gasteiger partial charge in [-0.3, -0.25) is 0 Å². The zero-order chi connectivity index (χ0) is 15.2. The van der Waals surface area contributed by atoms with Gasteiger partial charge in [0, 0.05) is 18.7 Å². The summed E-state index contributed by atoms with van der Waals surface area (Å²) in [4.78, 5) is 0.133. The van der Waals surface area contributed by atoms with Gasteiger partial charge in [-0.05, 0) is 19.1 Å². The van der Waals surface area contributed by atoms with Crippen molar-refractivity contribution in [3.63, 3.8) is 0 Å². The number of benzene rings is 1. The van der Waals surface area contributed by atoms with Gasteiger partial charge in [0.1, 0.15) is 0 Å². The second-order valence-electron chi connectivity index (χ2n) is 4.23. The lowest BCUT2D eigenvalue weighted by molar-refractivity contribution is 0.393. The normalized spacial score (nSPS) is 12.3. The zero-order valence-corrected chi connectivity index (χ0v) is 12.3. The molecule has 0 aliphatic heterocycles. The van der Waals surface area contributed by atoms with Crippen LogP contribution in [0.15, 0.2) is 29.2 Å². The van der Waals surface area contributed by atoms with Crippen LogP contribution in [0.1, 0.15) is 18.9 Å². The molecule has 1 atom stereocenters. The first-order valence-electron chi connectivity index (χ1n) is 6.08. The van der Waals surface area contributed by atoms with E-state index in [9.17, 15) is 8.42 Å². The molecule has 0 fully saturated rings. The molecule has 1 unspecified atom stereocenters. The SMILES string of the molecule is CC(CC#N)N(C)S(=O)(=O)c1ccccc1C#CCN. The summed E-state index contributed by atoms with van der Waals surface area (Å²) >= 11 is 0. The monoisotopic (exact) mass is 291 g/mol. The Hall–Kier alpha value is -1.86. The summed E-state index contributed by atoms with van der Waals surface area (Å²) in [6.07, 6.45) is 0.131. The van der Waals surface area contributed by atoms with Crippen molar-refractivity contribution in [2.24, 2.45) is 5.73 Å². The lowest BCUT2D eigenvalue weighted by Gasteiger charge is -2.22. The molecule has 0 amide bonds. The van der Waals surface area contributed by atoms with Gasteiger partial charge in [0.2, 0.25) is 10.0 Å². The van der Waals surface area contributed by atoms with Crippen molar-refractivity contribution in [1.29, 1.82) is 5.26 Å². The Balaban J connectivity index is 3.26. The van der Waals surface area contributed by atoms with Gasteiger partial charge in [0.15, 0.2) is 0 Å². The molecule has 0 aromatic heterocycles. The summed E-state index contributed by atoms with van der Waals surface area (Å²) in [6.45, 7) is 1.85. The molecular weight excluding hydrogens is 274 g/mol. The van der Waals surface area contributed by atoms with Crippen molar-refractivity contribution >= 4 is 10.0 Å². The minimum atomic E-state index is -3.68. The number of hydrogen-bond donors (Lipinski definition) is 1. The van der Waals surface area contributed by atoms with E-state index >= 15 is 0 Å². The van der Waals surface area contributed by atoms with E-state index in [0.29, 0.717) is 5.56 Å². The second-order valence-corrected chi connectivity index (χ2v) is 6.20. The van der Waals surface area contributed by atoms with E-state index in [1.807, 2.05) is 6.07 Å². The van der Waals surface area contributed by atoms with Crippen LogP contribution in [0.5, 0.6) is 0 Å². The molecule has 1 aromatic carbocycles. The maximum Gasteiger partial charge on any atom is 0.244 e. The summed E-state index contributed by atoms with van der Waals surface area (Å²) < 4.78 is 26.3. The Labute approximate surface area is 120 Å². The Morgan fingerprint density at radius 3 is 2.65 bits per heavy atom. The topological polar surface area (TPSA) is 87.2 Å². The molecule has 0 bridgehead atoms. The first kappa shape index (κ1) is 16.2. The number of nitrogens with two attached hydrogens (primary N) is 1. The molecule has 1 aromatic rings. The minimum Gasteiger partial charge on any atom is -0.320 e. The fourth-order valence-corrected chi connectivity index (χ4v) is 3.10. The largest absolute Gasteiger partial charge is 0.320 e. The highest BCUT2D eigenvalue weighted by Gasteiger charge is 2.26. The molecule has 2 N–H and O–H groups in total. The molecule has 0 aliphatic rings. The van der Waals surface area contributed by atoms with Crippen LogP contribution in [-0.2, 0) is 10.0 Å².